The number of nitrogens with one attached hydrogen (secondary N) is 4. The maximum absolute atomic E-state index is 13.4. The van der Waals surface area contributed by atoms with Crippen LogP contribution in [0.15, 0.2) is 24.3 Å². The van der Waals surface area contributed by atoms with E-state index in [1.165, 1.54) is 80.4 Å². The minimum absolute atomic E-state index is 0.141. The van der Waals surface area contributed by atoms with Gasteiger partial charge in [0.15, 0.2) is 23.0 Å². The third-order valence-corrected chi connectivity index (χ3v) is 6.31. The van der Waals surface area contributed by atoms with E-state index in [9.17, 15) is 19.2 Å². The molecule has 1 heterocycles. The smallest absolute Gasteiger partial charge is 0.239 e. The highest BCUT2D eigenvalue weighted by Crippen LogP contribution is 2.40. The molecule has 1 aliphatic rings. The number of methoxy groups -OCH3 is 4. The third kappa shape index (κ3) is 5.15. The molecule has 0 fully saturated rings. The second kappa shape index (κ2) is 10.5. The molecule has 0 aliphatic carbocycles. The Kier molecular flexibility index (Phi) is 7.75. The molecule has 3 rings (SSSR count). The summed E-state index contributed by atoms with van der Waals surface area (Å²) in [6.07, 6.45) is 0. The fourth-order valence-corrected chi connectivity index (χ4v) is 3.49. The van der Waals surface area contributed by atoms with E-state index >= 15 is 0 Å². The summed E-state index contributed by atoms with van der Waals surface area (Å²) in [6, 6.07) is 5.80. The van der Waals surface area contributed by atoms with E-state index in [2.05, 4.69) is 21.3 Å². The molecule has 0 saturated heterocycles. The van der Waals surface area contributed by atoms with Crippen LogP contribution in [0.5, 0.6) is 23.0 Å². The van der Waals surface area contributed by atoms with Crippen molar-refractivity contribution in [1.29, 1.82) is 0 Å². The first-order valence-corrected chi connectivity index (χ1v) is 11.6. The van der Waals surface area contributed by atoms with Gasteiger partial charge in [0.25, 0.3) is 0 Å². The number of rotatable bonds is 4. The van der Waals surface area contributed by atoms with Crippen molar-refractivity contribution in [3.63, 3.8) is 0 Å². The monoisotopic (exact) mass is 528 g/mol. The summed E-state index contributed by atoms with van der Waals surface area (Å²) in [4.78, 5) is 53.4. The molecule has 2 aromatic carbocycles. The van der Waals surface area contributed by atoms with Gasteiger partial charge >= 0.3 is 0 Å². The number of ether oxygens (including phenoxy) is 4. The molecule has 38 heavy (non-hydrogen) atoms. The summed E-state index contributed by atoms with van der Waals surface area (Å²) >= 11 is 0. The van der Waals surface area contributed by atoms with Gasteiger partial charge in [-0.25, -0.2) is 0 Å². The third-order valence-electron chi connectivity index (χ3n) is 6.31. The predicted octanol–water partition coefficient (Wildman–Crippen LogP) is 3.24. The fraction of sp³-hybridized carbons (Fsp3) is 0.385. The van der Waals surface area contributed by atoms with Crippen LogP contribution in [0.3, 0.4) is 0 Å². The number of carbonyl (C=O) groups excluding carboxylic acids is 4. The van der Waals surface area contributed by atoms with E-state index in [0.29, 0.717) is 0 Å². The number of hydrogen-bond acceptors (Lipinski definition) is 8. The molecule has 0 atom stereocenters. The van der Waals surface area contributed by atoms with Gasteiger partial charge in [-0.3, -0.25) is 19.2 Å². The van der Waals surface area contributed by atoms with Crippen molar-refractivity contribution in [1.82, 2.24) is 0 Å². The van der Waals surface area contributed by atoms with E-state index < -0.39 is 34.5 Å². The van der Waals surface area contributed by atoms with Crippen molar-refractivity contribution in [2.45, 2.75) is 27.7 Å². The average Bonchev–Trinajstić information content (AvgIpc) is 2.88. The Labute approximate surface area is 220 Å². The summed E-state index contributed by atoms with van der Waals surface area (Å²) in [5, 5.41) is 10.8. The van der Waals surface area contributed by atoms with Crippen LogP contribution in [0.4, 0.5) is 22.7 Å². The molecule has 0 unspecified atom stereocenters. The van der Waals surface area contributed by atoms with Gasteiger partial charge in [0.05, 0.1) is 51.2 Å². The van der Waals surface area contributed by atoms with E-state index in [1.54, 1.807) is 0 Å². The minimum atomic E-state index is -1.60. The molecule has 12 heteroatoms. The van der Waals surface area contributed by atoms with E-state index in [0.717, 1.165) is 0 Å². The van der Waals surface area contributed by atoms with Crippen LogP contribution >= 0.6 is 0 Å². The van der Waals surface area contributed by atoms with Crippen LogP contribution in [0.1, 0.15) is 27.7 Å². The Balaban J connectivity index is 2.21. The topological polar surface area (TPSA) is 153 Å². The molecule has 4 N–H and O–H groups in total. The van der Waals surface area contributed by atoms with Crippen LogP contribution in [-0.2, 0) is 19.2 Å². The lowest BCUT2D eigenvalue weighted by Crippen LogP contribution is -2.44. The largest absolute Gasteiger partial charge is 0.493 e. The maximum Gasteiger partial charge on any atom is 0.239 e. The Morgan fingerprint density at radius 1 is 0.447 bits per heavy atom. The standard InChI is InChI=1S/C26H32N4O8/c1-25(2)21(31)27-13-9-17(35-5)19(37-7)11-15(13)29-23(33)26(3,4)24(34)30-16-12-20(38-8)18(36-6)10-14(16)28-22(25)32/h9-12H,1-8H3,(H,27,31)(H,28,32)(H,29,33)(H,30,34). The van der Waals surface area contributed by atoms with Crippen molar-refractivity contribution in [2.75, 3.05) is 49.7 Å². The SMILES string of the molecule is COc1cc2c(cc1OC)NC(=O)C(C)(C)C(=O)Nc1cc(OC)c(OC)cc1NC(=O)C(C)(C)C(=O)N2. The normalized spacial score (nSPS) is 16.8. The van der Waals surface area contributed by atoms with E-state index in [4.69, 9.17) is 18.9 Å². The van der Waals surface area contributed by atoms with Gasteiger partial charge in [-0.15, -0.1) is 0 Å². The van der Waals surface area contributed by atoms with Crippen LogP contribution < -0.4 is 40.2 Å². The highest BCUT2D eigenvalue weighted by atomic mass is 16.5. The highest BCUT2D eigenvalue weighted by molar-refractivity contribution is 6.19. The summed E-state index contributed by atoms with van der Waals surface area (Å²) in [6.45, 7) is 5.74. The number of amides is 4. The molecule has 204 valence electrons. The molecule has 0 bridgehead atoms. The molecular weight excluding hydrogens is 496 g/mol. The average molecular weight is 529 g/mol. The lowest BCUT2D eigenvalue weighted by Gasteiger charge is -2.28. The quantitative estimate of drug-likeness (QED) is 0.441. The predicted molar refractivity (Wildman–Crippen MR) is 141 cm³/mol. The number of benzene rings is 2. The van der Waals surface area contributed by atoms with Crippen LogP contribution in [-0.4, -0.2) is 52.1 Å². The lowest BCUT2D eigenvalue weighted by molar-refractivity contribution is -0.136. The van der Waals surface area contributed by atoms with Gasteiger partial charge in [0.1, 0.15) is 10.8 Å². The molecule has 2 aromatic rings. The molecule has 4 amide bonds. The zero-order chi connectivity index (χ0) is 28.4. The van der Waals surface area contributed by atoms with Gasteiger partial charge in [-0.1, -0.05) is 0 Å². The molecule has 0 spiro atoms. The van der Waals surface area contributed by atoms with Gasteiger partial charge in [-0.2, -0.15) is 0 Å². The Hall–Kier alpha value is -4.48. The summed E-state index contributed by atoms with van der Waals surface area (Å²) in [7, 11) is 5.66. The second-order valence-corrected chi connectivity index (χ2v) is 9.57. The maximum atomic E-state index is 13.4. The Morgan fingerprint density at radius 3 is 0.789 bits per heavy atom. The molecule has 12 nitrogen and oxygen atoms in total. The molecule has 0 saturated carbocycles. The summed E-state index contributed by atoms with van der Waals surface area (Å²) in [5.74, 6) is -1.57. The summed E-state index contributed by atoms with van der Waals surface area (Å²) < 4.78 is 21.3. The molecule has 0 aromatic heterocycles. The highest BCUT2D eigenvalue weighted by Gasteiger charge is 2.40. The Morgan fingerprint density at radius 2 is 0.632 bits per heavy atom. The zero-order valence-corrected chi connectivity index (χ0v) is 22.6. The Bertz CT molecular complexity index is 1110. The number of anilines is 4. The zero-order valence-electron chi connectivity index (χ0n) is 22.6. The van der Waals surface area contributed by atoms with E-state index in [-0.39, 0.29) is 45.7 Å². The van der Waals surface area contributed by atoms with Gasteiger partial charge in [0.2, 0.25) is 23.6 Å². The van der Waals surface area contributed by atoms with Crippen LogP contribution in [0.25, 0.3) is 0 Å². The van der Waals surface area contributed by atoms with Crippen molar-refractivity contribution in [3.05, 3.63) is 24.3 Å². The van der Waals surface area contributed by atoms with Crippen molar-refractivity contribution in [2.24, 2.45) is 10.8 Å². The van der Waals surface area contributed by atoms with Crippen molar-refractivity contribution >= 4 is 46.4 Å². The number of fused-ring (bicyclic) bond motifs is 2. The second-order valence-electron chi connectivity index (χ2n) is 9.57. The first-order valence-electron chi connectivity index (χ1n) is 11.6. The van der Waals surface area contributed by atoms with Gasteiger partial charge in [0, 0.05) is 24.3 Å². The number of carbonyl (C=O) groups is 4. The van der Waals surface area contributed by atoms with E-state index in [1.807, 2.05) is 0 Å². The summed E-state index contributed by atoms with van der Waals surface area (Å²) in [5.41, 5.74) is -2.65. The number of hydrogen-bond donors (Lipinski definition) is 4. The molecule has 0 radical (unpaired) electrons. The molecular formula is C26H32N4O8. The first-order chi connectivity index (χ1) is 17.8. The fourth-order valence-electron chi connectivity index (χ4n) is 3.49. The van der Waals surface area contributed by atoms with Crippen LogP contribution in [0.2, 0.25) is 0 Å². The molecule has 1 aliphatic heterocycles. The lowest BCUT2D eigenvalue weighted by atomic mass is 9.89. The van der Waals surface area contributed by atoms with Crippen molar-refractivity contribution in [3.8, 4) is 23.0 Å². The minimum Gasteiger partial charge on any atom is -0.493 e. The van der Waals surface area contributed by atoms with Crippen molar-refractivity contribution < 1.29 is 38.1 Å². The van der Waals surface area contributed by atoms with Crippen LogP contribution in [0, 0.1) is 10.8 Å². The first kappa shape index (κ1) is 28.1. The van der Waals surface area contributed by atoms with Gasteiger partial charge < -0.3 is 40.2 Å². The van der Waals surface area contributed by atoms with Gasteiger partial charge in [-0.05, 0) is 27.7 Å².